The summed E-state index contributed by atoms with van der Waals surface area (Å²) in [5, 5.41) is 3.25. The summed E-state index contributed by atoms with van der Waals surface area (Å²) in [5.41, 5.74) is 0. The van der Waals surface area contributed by atoms with Gasteiger partial charge in [-0.05, 0) is 0 Å². The van der Waals surface area contributed by atoms with Crippen LogP contribution in [0.4, 0.5) is 0 Å². The predicted molar refractivity (Wildman–Crippen MR) is 70.2 cm³/mol. The minimum atomic E-state index is 0.939. The molecule has 1 aliphatic heterocycles. The molecule has 1 saturated heterocycles. The first-order chi connectivity index (χ1) is 5.43. The van der Waals surface area contributed by atoms with Crippen LogP contribution in [0.15, 0.2) is 0 Å². The van der Waals surface area contributed by atoms with Gasteiger partial charge in [0.1, 0.15) is 0 Å². The SMILES string of the molecule is SSCSCSSC1CSC1. The van der Waals surface area contributed by atoms with E-state index in [1.165, 1.54) is 16.6 Å². The first-order valence-electron chi connectivity index (χ1n) is 3.13. The maximum atomic E-state index is 4.07. The molecule has 0 atom stereocenters. The first-order valence-corrected chi connectivity index (χ1v) is 9.86. The van der Waals surface area contributed by atoms with E-state index < -0.39 is 0 Å². The number of rotatable bonds is 6. The van der Waals surface area contributed by atoms with Crippen LogP contribution in [-0.4, -0.2) is 26.9 Å². The summed E-state index contributed by atoms with van der Waals surface area (Å²) in [5.74, 6) is 2.73. The van der Waals surface area contributed by atoms with Crippen molar-refractivity contribution >= 4 is 67.6 Å². The van der Waals surface area contributed by atoms with Gasteiger partial charge in [0.05, 0.1) is 10.2 Å². The van der Waals surface area contributed by atoms with Crippen molar-refractivity contribution in [1.82, 2.24) is 0 Å². The van der Waals surface area contributed by atoms with E-state index in [0.717, 1.165) is 10.3 Å². The highest BCUT2D eigenvalue weighted by Crippen LogP contribution is 2.38. The molecule has 66 valence electrons. The molecule has 0 saturated carbocycles. The van der Waals surface area contributed by atoms with Crippen LogP contribution >= 0.6 is 67.6 Å². The van der Waals surface area contributed by atoms with Gasteiger partial charge in [-0.3, -0.25) is 0 Å². The minimum Gasteiger partial charge on any atom is -0.160 e. The van der Waals surface area contributed by atoms with Crippen LogP contribution < -0.4 is 0 Å². The smallest absolute Gasteiger partial charge is 0.0504 e. The van der Waals surface area contributed by atoms with Crippen molar-refractivity contribution < 1.29 is 0 Å². The second-order valence-corrected chi connectivity index (χ2v) is 8.72. The van der Waals surface area contributed by atoms with Gasteiger partial charge in [0, 0.05) is 16.8 Å². The third-order valence-electron chi connectivity index (χ3n) is 1.08. The maximum Gasteiger partial charge on any atom is 0.0504 e. The summed E-state index contributed by atoms with van der Waals surface area (Å²) >= 11 is 8.08. The lowest BCUT2D eigenvalue weighted by Crippen LogP contribution is -2.19. The molecule has 0 aromatic heterocycles. The number of thiol groups is 1. The summed E-state index contributed by atoms with van der Waals surface area (Å²) in [4.78, 5) is 0. The van der Waals surface area contributed by atoms with Gasteiger partial charge in [0.15, 0.2) is 0 Å². The van der Waals surface area contributed by atoms with Crippen LogP contribution in [0.25, 0.3) is 0 Å². The molecule has 1 fully saturated rings. The summed E-state index contributed by atoms with van der Waals surface area (Å²) < 4.78 is 0. The first kappa shape index (κ1) is 11.2. The van der Waals surface area contributed by atoms with Crippen molar-refractivity contribution in [3.05, 3.63) is 0 Å². The van der Waals surface area contributed by atoms with E-state index in [2.05, 4.69) is 34.2 Å². The lowest BCUT2D eigenvalue weighted by atomic mass is 10.5. The van der Waals surface area contributed by atoms with E-state index >= 15 is 0 Å². The Labute approximate surface area is 93.8 Å². The summed E-state index contributed by atoms with van der Waals surface area (Å²) in [6, 6.07) is 0. The van der Waals surface area contributed by atoms with Crippen molar-refractivity contribution in [2.75, 3.05) is 21.7 Å². The number of thioether (sulfide) groups is 2. The molecule has 1 aliphatic rings. The standard InChI is InChI=1S/C5H10S6/c6-9-3-8-4-10-11-5-1-7-2-5/h5-6H,1-4H2. The topological polar surface area (TPSA) is 0 Å². The second-order valence-electron chi connectivity index (χ2n) is 1.94. The fourth-order valence-electron chi connectivity index (χ4n) is 0.499. The Hall–Kier alpha value is 2.10. The van der Waals surface area contributed by atoms with Crippen LogP contribution in [0.2, 0.25) is 0 Å². The highest BCUT2D eigenvalue weighted by molar-refractivity contribution is 8.79. The Morgan fingerprint density at radius 3 is 2.73 bits per heavy atom. The third kappa shape index (κ3) is 5.41. The number of hydrogen-bond donors (Lipinski definition) is 1. The minimum absolute atomic E-state index is 0.939. The average molecular weight is 263 g/mol. The molecular weight excluding hydrogens is 252 g/mol. The van der Waals surface area contributed by atoms with Gasteiger partial charge in [-0.15, -0.1) is 23.4 Å². The van der Waals surface area contributed by atoms with Gasteiger partial charge < -0.3 is 0 Å². The largest absolute Gasteiger partial charge is 0.160 e. The number of hydrogen-bond acceptors (Lipinski definition) is 6. The van der Waals surface area contributed by atoms with E-state index in [1.54, 1.807) is 10.8 Å². The summed E-state index contributed by atoms with van der Waals surface area (Å²) in [6.45, 7) is 0. The Kier molecular flexibility index (Phi) is 7.62. The highest BCUT2D eigenvalue weighted by Gasteiger charge is 2.18. The Bertz CT molecular complexity index is 93.0. The fraction of sp³-hybridized carbons (Fsp3) is 1.00. The van der Waals surface area contributed by atoms with Gasteiger partial charge >= 0.3 is 0 Å². The fourth-order valence-corrected chi connectivity index (χ4v) is 7.18. The molecule has 1 rings (SSSR count). The molecule has 0 nitrogen and oxygen atoms in total. The van der Waals surface area contributed by atoms with E-state index in [-0.39, 0.29) is 0 Å². The molecule has 0 bridgehead atoms. The lowest BCUT2D eigenvalue weighted by molar-refractivity contribution is 1.09. The van der Waals surface area contributed by atoms with E-state index in [4.69, 9.17) is 0 Å². The maximum absolute atomic E-state index is 4.07. The normalized spacial score (nSPS) is 18.3. The van der Waals surface area contributed by atoms with Crippen molar-refractivity contribution in [2.45, 2.75) is 5.25 Å². The molecule has 0 amide bonds. The lowest BCUT2D eigenvalue weighted by Gasteiger charge is -2.22. The quantitative estimate of drug-likeness (QED) is 0.334. The summed E-state index contributed by atoms with van der Waals surface area (Å²) in [7, 11) is 5.66. The zero-order valence-corrected chi connectivity index (χ0v) is 10.9. The molecule has 0 unspecified atom stereocenters. The zero-order chi connectivity index (χ0) is 7.94. The van der Waals surface area contributed by atoms with Crippen LogP contribution in [-0.2, 0) is 0 Å². The van der Waals surface area contributed by atoms with E-state index in [9.17, 15) is 0 Å². The van der Waals surface area contributed by atoms with E-state index in [0.29, 0.717) is 0 Å². The molecular formula is C5H10S6. The highest BCUT2D eigenvalue weighted by atomic mass is 33.1. The van der Waals surface area contributed by atoms with Crippen LogP contribution in [0, 0.1) is 0 Å². The predicted octanol–water partition coefficient (Wildman–Crippen LogP) is 3.71. The molecule has 0 aromatic rings. The molecule has 0 spiro atoms. The Morgan fingerprint density at radius 1 is 1.36 bits per heavy atom. The van der Waals surface area contributed by atoms with Crippen molar-refractivity contribution in [3.63, 3.8) is 0 Å². The Morgan fingerprint density at radius 2 is 2.18 bits per heavy atom. The molecule has 11 heavy (non-hydrogen) atoms. The van der Waals surface area contributed by atoms with Gasteiger partial charge in [0.25, 0.3) is 0 Å². The van der Waals surface area contributed by atoms with Crippen molar-refractivity contribution in [1.29, 1.82) is 0 Å². The van der Waals surface area contributed by atoms with Crippen molar-refractivity contribution in [3.8, 4) is 0 Å². The molecule has 1 heterocycles. The molecule has 0 aliphatic carbocycles. The van der Waals surface area contributed by atoms with Gasteiger partial charge in [-0.25, -0.2) is 0 Å². The second kappa shape index (κ2) is 7.50. The van der Waals surface area contributed by atoms with E-state index in [1.807, 2.05) is 22.6 Å². The third-order valence-corrected chi connectivity index (χ3v) is 8.70. The van der Waals surface area contributed by atoms with Crippen molar-refractivity contribution in [2.24, 2.45) is 0 Å². The van der Waals surface area contributed by atoms with Gasteiger partial charge in [0.2, 0.25) is 0 Å². The zero-order valence-electron chi connectivity index (χ0n) is 5.89. The van der Waals surface area contributed by atoms with Gasteiger partial charge in [-0.2, -0.15) is 11.8 Å². The molecule has 0 radical (unpaired) electrons. The molecule has 6 heteroatoms. The monoisotopic (exact) mass is 262 g/mol. The average Bonchev–Trinajstić information content (AvgIpc) is 1.93. The van der Waals surface area contributed by atoms with Crippen LogP contribution in [0.1, 0.15) is 0 Å². The van der Waals surface area contributed by atoms with Gasteiger partial charge in [-0.1, -0.05) is 32.4 Å². The Balaban J connectivity index is 1.73. The summed E-state index contributed by atoms with van der Waals surface area (Å²) in [6.07, 6.45) is 0. The molecule has 0 aromatic carbocycles. The molecule has 0 N–H and O–H groups in total. The van der Waals surface area contributed by atoms with Crippen LogP contribution in [0.3, 0.4) is 0 Å². The van der Waals surface area contributed by atoms with Crippen LogP contribution in [0.5, 0.6) is 0 Å².